The number of imidazole rings is 1. The number of rotatable bonds is 5. The molecular weight excluding hydrogens is 210 g/mol. The van der Waals surface area contributed by atoms with E-state index in [0.717, 1.165) is 17.8 Å². The van der Waals surface area contributed by atoms with Crippen molar-refractivity contribution in [3.63, 3.8) is 0 Å². The Kier molecular flexibility index (Phi) is 4.56. The summed E-state index contributed by atoms with van der Waals surface area (Å²) >= 11 is 5.49. The summed E-state index contributed by atoms with van der Waals surface area (Å²) in [7, 11) is 0. The first kappa shape index (κ1) is 12.0. The van der Waals surface area contributed by atoms with Gasteiger partial charge in [-0.3, -0.25) is 4.99 Å². The van der Waals surface area contributed by atoms with Gasteiger partial charge in [-0.25, -0.2) is 4.98 Å². The zero-order valence-corrected chi connectivity index (χ0v) is 9.91. The average Bonchev–Trinajstić information content (AvgIpc) is 2.67. The van der Waals surface area contributed by atoms with Gasteiger partial charge in [0, 0.05) is 6.04 Å². The molecular formula is C11H16ClN3. The molecule has 0 aliphatic carbocycles. The maximum Gasteiger partial charge on any atom is 0.113 e. The third kappa shape index (κ3) is 2.69. The molecule has 0 amide bonds. The monoisotopic (exact) mass is 225 g/mol. The Morgan fingerprint density at radius 1 is 1.73 bits per heavy atom. The van der Waals surface area contributed by atoms with Crippen LogP contribution in [0, 0.1) is 0 Å². The number of alkyl halides is 1. The highest BCUT2D eigenvalue weighted by molar-refractivity contribution is 6.18. The maximum absolute atomic E-state index is 5.49. The van der Waals surface area contributed by atoms with Crippen LogP contribution in [0.2, 0.25) is 0 Å². The third-order valence-corrected chi connectivity index (χ3v) is 2.54. The van der Waals surface area contributed by atoms with Crippen molar-refractivity contribution in [2.45, 2.75) is 26.3 Å². The van der Waals surface area contributed by atoms with Crippen LogP contribution in [0.5, 0.6) is 0 Å². The third-order valence-electron chi connectivity index (χ3n) is 2.40. The van der Waals surface area contributed by atoms with Crippen LogP contribution in [0.25, 0.3) is 6.08 Å². The Morgan fingerprint density at radius 3 is 3.00 bits per heavy atom. The molecule has 0 bridgehead atoms. The summed E-state index contributed by atoms with van der Waals surface area (Å²) in [6.07, 6.45) is 6.36. The zero-order valence-electron chi connectivity index (χ0n) is 9.15. The van der Waals surface area contributed by atoms with E-state index in [0.29, 0.717) is 6.04 Å². The lowest BCUT2D eigenvalue weighted by Gasteiger charge is -2.12. The molecule has 4 heteroatoms. The van der Waals surface area contributed by atoms with E-state index in [4.69, 9.17) is 11.6 Å². The van der Waals surface area contributed by atoms with Crippen LogP contribution in [0.15, 0.2) is 17.9 Å². The van der Waals surface area contributed by atoms with Crippen LogP contribution in [0.4, 0.5) is 0 Å². The number of aliphatic imine (C=N–C) groups is 1. The van der Waals surface area contributed by atoms with Gasteiger partial charge in [-0.1, -0.05) is 13.5 Å². The Hall–Kier alpha value is -1.09. The molecule has 1 unspecified atom stereocenters. The molecule has 0 aliphatic rings. The number of aromatic nitrogens is 2. The predicted octanol–water partition coefficient (Wildman–Crippen LogP) is 3.11. The van der Waals surface area contributed by atoms with E-state index in [2.05, 4.69) is 35.0 Å². The lowest BCUT2D eigenvalue weighted by molar-refractivity contribution is 0.527. The van der Waals surface area contributed by atoms with Crippen LogP contribution in [-0.4, -0.2) is 21.8 Å². The Labute approximate surface area is 95.5 Å². The van der Waals surface area contributed by atoms with E-state index in [1.807, 2.05) is 6.33 Å². The molecule has 0 aromatic carbocycles. The molecule has 0 aliphatic heterocycles. The van der Waals surface area contributed by atoms with Crippen molar-refractivity contribution in [2.24, 2.45) is 4.99 Å². The fraction of sp³-hybridized carbons (Fsp3) is 0.455. The summed E-state index contributed by atoms with van der Waals surface area (Å²) in [5, 5.41) is 0. The van der Waals surface area contributed by atoms with E-state index in [-0.39, 0.29) is 6.00 Å². The summed E-state index contributed by atoms with van der Waals surface area (Å²) in [5.74, 6) is 0. The topological polar surface area (TPSA) is 30.2 Å². The van der Waals surface area contributed by atoms with Gasteiger partial charge in [0.2, 0.25) is 0 Å². The van der Waals surface area contributed by atoms with Gasteiger partial charge in [-0.05, 0) is 19.4 Å². The van der Waals surface area contributed by atoms with Gasteiger partial charge in [0.05, 0.1) is 18.2 Å². The van der Waals surface area contributed by atoms with E-state index in [1.165, 1.54) is 0 Å². The van der Waals surface area contributed by atoms with Crippen molar-refractivity contribution in [2.75, 3.05) is 6.00 Å². The SMILES string of the molecule is C=Cc1c(/C=N\CCl)ncn1C(C)CC. The normalized spacial score (nSPS) is 13.3. The van der Waals surface area contributed by atoms with Crippen LogP contribution >= 0.6 is 11.6 Å². The van der Waals surface area contributed by atoms with Gasteiger partial charge in [0.15, 0.2) is 0 Å². The van der Waals surface area contributed by atoms with E-state index in [9.17, 15) is 0 Å². The molecule has 1 heterocycles. The van der Waals surface area contributed by atoms with Gasteiger partial charge in [0.1, 0.15) is 11.7 Å². The van der Waals surface area contributed by atoms with Crippen molar-refractivity contribution in [3.8, 4) is 0 Å². The molecule has 0 spiro atoms. The number of hydrogen-bond donors (Lipinski definition) is 0. The predicted molar refractivity (Wildman–Crippen MR) is 65.6 cm³/mol. The van der Waals surface area contributed by atoms with Gasteiger partial charge >= 0.3 is 0 Å². The van der Waals surface area contributed by atoms with Crippen LogP contribution in [0.3, 0.4) is 0 Å². The fourth-order valence-corrected chi connectivity index (χ4v) is 1.43. The first-order chi connectivity index (χ1) is 7.24. The van der Waals surface area contributed by atoms with Crippen molar-refractivity contribution >= 4 is 23.9 Å². The van der Waals surface area contributed by atoms with E-state index in [1.54, 1.807) is 12.3 Å². The highest BCUT2D eigenvalue weighted by atomic mass is 35.5. The highest BCUT2D eigenvalue weighted by Gasteiger charge is 2.09. The molecule has 15 heavy (non-hydrogen) atoms. The molecule has 1 atom stereocenters. The van der Waals surface area contributed by atoms with Crippen molar-refractivity contribution in [1.29, 1.82) is 0 Å². The largest absolute Gasteiger partial charge is 0.328 e. The smallest absolute Gasteiger partial charge is 0.113 e. The summed E-state index contributed by atoms with van der Waals surface area (Å²) < 4.78 is 2.10. The van der Waals surface area contributed by atoms with Crippen LogP contribution in [-0.2, 0) is 0 Å². The fourth-order valence-electron chi connectivity index (χ4n) is 1.36. The van der Waals surface area contributed by atoms with Gasteiger partial charge in [0.25, 0.3) is 0 Å². The Bertz CT molecular complexity index is 355. The zero-order chi connectivity index (χ0) is 11.3. The van der Waals surface area contributed by atoms with E-state index < -0.39 is 0 Å². The molecule has 0 saturated heterocycles. The second-order valence-corrected chi connectivity index (χ2v) is 3.55. The summed E-state index contributed by atoms with van der Waals surface area (Å²) in [5.41, 5.74) is 1.82. The minimum Gasteiger partial charge on any atom is -0.328 e. The average molecular weight is 226 g/mol. The van der Waals surface area contributed by atoms with Gasteiger partial charge in [-0.2, -0.15) is 0 Å². The van der Waals surface area contributed by atoms with Crippen molar-refractivity contribution < 1.29 is 0 Å². The van der Waals surface area contributed by atoms with Crippen molar-refractivity contribution in [1.82, 2.24) is 9.55 Å². The minimum atomic E-state index is 0.257. The minimum absolute atomic E-state index is 0.257. The quantitative estimate of drug-likeness (QED) is 0.430. The molecule has 0 radical (unpaired) electrons. The summed E-state index contributed by atoms with van der Waals surface area (Å²) in [4.78, 5) is 8.24. The number of halogens is 1. The first-order valence-corrected chi connectivity index (χ1v) is 5.53. The standard InChI is InChI=1S/C11H16ClN3/c1-4-9(3)15-8-14-10(6-13-7-12)11(15)5-2/h5-6,8-9H,2,4,7H2,1,3H3/b13-6-. The molecule has 1 aromatic rings. The number of nitrogens with zero attached hydrogens (tertiary/aromatic N) is 3. The summed E-state index contributed by atoms with van der Waals surface area (Å²) in [6, 6.07) is 0.677. The summed E-state index contributed by atoms with van der Waals surface area (Å²) in [6.45, 7) is 8.09. The van der Waals surface area contributed by atoms with Gasteiger partial charge in [-0.15, -0.1) is 11.6 Å². The van der Waals surface area contributed by atoms with Crippen LogP contribution < -0.4 is 0 Å². The number of hydrogen-bond acceptors (Lipinski definition) is 2. The highest BCUT2D eigenvalue weighted by Crippen LogP contribution is 2.16. The molecule has 1 aromatic heterocycles. The van der Waals surface area contributed by atoms with Gasteiger partial charge < -0.3 is 4.57 Å². The molecule has 0 saturated carbocycles. The lowest BCUT2D eigenvalue weighted by Crippen LogP contribution is -2.04. The van der Waals surface area contributed by atoms with Crippen LogP contribution in [0.1, 0.15) is 37.7 Å². The molecule has 82 valence electrons. The molecule has 3 nitrogen and oxygen atoms in total. The first-order valence-electron chi connectivity index (χ1n) is 4.99. The second kappa shape index (κ2) is 5.71. The lowest BCUT2D eigenvalue weighted by atomic mass is 10.2. The Balaban J connectivity index is 3.05. The van der Waals surface area contributed by atoms with E-state index >= 15 is 0 Å². The Morgan fingerprint density at radius 2 is 2.47 bits per heavy atom. The maximum atomic E-state index is 5.49. The molecule has 1 rings (SSSR count). The molecule has 0 N–H and O–H groups in total. The van der Waals surface area contributed by atoms with Crippen molar-refractivity contribution in [3.05, 3.63) is 24.3 Å². The molecule has 0 fully saturated rings. The second-order valence-electron chi connectivity index (χ2n) is 3.31.